The van der Waals surface area contributed by atoms with Crippen molar-refractivity contribution in [2.45, 2.75) is 13.0 Å². The van der Waals surface area contributed by atoms with E-state index in [9.17, 15) is 9.59 Å². The number of halogens is 1. The van der Waals surface area contributed by atoms with Crippen molar-refractivity contribution in [2.24, 2.45) is 0 Å². The summed E-state index contributed by atoms with van der Waals surface area (Å²) in [6.45, 7) is 0.262. The highest BCUT2D eigenvalue weighted by atomic mass is 35.5. The highest BCUT2D eigenvalue weighted by Gasteiger charge is 2.13. The van der Waals surface area contributed by atoms with Gasteiger partial charge in [-0.25, -0.2) is 0 Å². The molecule has 0 aromatic heterocycles. The van der Waals surface area contributed by atoms with E-state index in [0.29, 0.717) is 28.4 Å². The molecule has 3 aromatic rings. The minimum atomic E-state index is -0.276. The van der Waals surface area contributed by atoms with E-state index in [-0.39, 0.29) is 18.4 Å². The summed E-state index contributed by atoms with van der Waals surface area (Å²) in [4.78, 5) is 26.2. The van der Waals surface area contributed by atoms with E-state index in [0.717, 1.165) is 11.1 Å². The van der Waals surface area contributed by atoms with E-state index < -0.39 is 0 Å². The van der Waals surface area contributed by atoms with Crippen molar-refractivity contribution in [2.75, 3.05) is 19.4 Å². The van der Waals surface area contributed by atoms with Gasteiger partial charge < -0.3 is 15.0 Å². The van der Waals surface area contributed by atoms with Gasteiger partial charge in [-0.05, 0) is 35.9 Å². The summed E-state index contributed by atoms with van der Waals surface area (Å²) in [6, 6.07) is 21.7. The first-order valence-electron chi connectivity index (χ1n) is 9.49. The number of likely N-dealkylation sites (N-methyl/N-ethyl adjacent to an activating group) is 1. The van der Waals surface area contributed by atoms with Crippen molar-refractivity contribution in [3.8, 4) is 5.75 Å². The molecule has 0 aliphatic carbocycles. The number of para-hydroxylation sites is 1. The summed E-state index contributed by atoms with van der Waals surface area (Å²) in [7, 11) is 3.45. The van der Waals surface area contributed by atoms with Gasteiger partial charge in [0.1, 0.15) is 12.4 Å². The minimum Gasteiger partial charge on any atom is -0.488 e. The second-order valence-corrected chi connectivity index (χ2v) is 7.40. The largest absolute Gasteiger partial charge is 0.488 e. The fourth-order valence-electron chi connectivity index (χ4n) is 2.79. The molecule has 0 radical (unpaired) electrons. The smallest absolute Gasteiger partial charge is 0.259 e. The molecule has 0 unspecified atom stereocenters. The van der Waals surface area contributed by atoms with Crippen LogP contribution < -0.4 is 10.1 Å². The van der Waals surface area contributed by atoms with E-state index in [1.807, 2.05) is 36.4 Å². The Hall–Kier alpha value is -3.31. The Kier molecular flexibility index (Phi) is 7.09. The minimum absolute atomic E-state index is 0.0244. The Bertz CT molecular complexity index is 1030. The van der Waals surface area contributed by atoms with E-state index in [1.165, 1.54) is 0 Å². The van der Waals surface area contributed by atoms with Crippen LogP contribution in [0.5, 0.6) is 5.75 Å². The molecule has 30 heavy (non-hydrogen) atoms. The molecular formula is C24H23ClN2O3. The SMILES string of the molecule is CN(C)C(=O)Cc1ccc(NC(=O)c2ccccc2OCc2ccccc2Cl)cc1. The van der Waals surface area contributed by atoms with Crippen LogP contribution in [-0.2, 0) is 17.8 Å². The lowest BCUT2D eigenvalue weighted by Crippen LogP contribution is -2.23. The predicted octanol–water partition coefficient (Wildman–Crippen LogP) is 4.80. The van der Waals surface area contributed by atoms with Gasteiger partial charge in [-0.2, -0.15) is 0 Å². The van der Waals surface area contributed by atoms with Crippen LogP contribution in [-0.4, -0.2) is 30.8 Å². The van der Waals surface area contributed by atoms with Crippen LogP contribution in [0, 0.1) is 0 Å². The molecule has 5 nitrogen and oxygen atoms in total. The van der Waals surface area contributed by atoms with E-state index >= 15 is 0 Å². The number of ether oxygens (including phenoxy) is 1. The molecule has 0 fully saturated rings. The van der Waals surface area contributed by atoms with Crippen molar-refractivity contribution in [3.63, 3.8) is 0 Å². The van der Waals surface area contributed by atoms with Crippen LogP contribution in [0.3, 0.4) is 0 Å². The molecule has 3 aromatic carbocycles. The van der Waals surface area contributed by atoms with E-state index in [2.05, 4.69) is 5.32 Å². The number of nitrogens with one attached hydrogen (secondary N) is 1. The van der Waals surface area contributed by atoms with E-state index in [1.54, 1.807) is 55.4 Å². The molecule has 0 aliphatic rings. The van der Waals surface area contributed by atoms with Gasteiger partial charge in [-0.3, -0.25) is 9.59 Å². The number of carbonyl (C=O) groups is 2. The summed E-state index contributed by atoms with van der Waals surface area (Å²) in [5.41, 5.74) is 2.80. The zero-order chi connectivity index (χ0) is 21.5. The van der Waals surface area contributed by atoms with Crippen molar-refractivity contribution < 1.29 is 14.3 Å². The summed E-state index contributed by atoms with van der Waals surface area (Å²) in [5, 5.41) is 3.49. The molecule has 0 heterocycles. The zero-order valence-electron chi connectivity index (χ0n) is 16.9. The molecule has 0 saturated heterocycles. The number of carbonyl (C=O) groups excluding carboxylic acids is 2. The van der Waals surface area contributed by atoms with Crippen LogP contribution >= 0.6 is 11.6 Å². The second-order valence-electron chi connectivity index (χ2n) is 6.99. The number of rotatable bonds is 7. The average Bonchev–Trinajstić information content (AvgIpc) is 2.74. The zero-order valence-corrected chi connectivity index (χ0v) is 17.6. The Morgan fingerprint density at radius 1 is 0.933 bits per heavy atom. The third-order valence-electron chi connectivity index (χ3n) is 4.54. The number of benzene rings is 3. The maximum absolute atomic E-state index is 12.8. The Morgan fingerprint density at radius 3 is 2.30 bits per heavy atom. The normalized spacial score (nSPS) is 10.4. The van der Waals surface area contributed by atoms with Gasteiger partial charge in [-0.1, -0.05) is 54.1 Å². The molecule has 0 saturated carbocycles. The molecule has 3 rings (SSSR count). The first-order chi connectivity index (χ1) is 14.4. The predicted molar refractivity (Wildman–Crippen MR) is 119 cm³/mol. The molecule has 2 amide bonds. The first kappa shape index (κ1) is 21.4. The number of amides is 2. The highest BCUT2D eigenvalue weighted by molar-refractivity contribution is 6.31. The lowest BCUT2D eigenvalue weighted by atomic mass is 10.1. The van der Waals surface area contributed by atoms with Crippen molar-refractivity contribution in [3.05, 3.63) is 94.5 Å². The van der Waals surface area contributed by atoms with Crippen LogP contribution in [0.25, 0.3) is 0 Å². The molecule has 0 bridgehead atoms. The maximum Gasteiger partial charge on any atom is 0.259 e. The number of anilines is 1. The third-order valence-corrected chi connectivity index (χ3v) is 4.91. The number of hydrogen-bond donors (Lipinski definition) is 1. The van der Waals surface area contributed by atoms with Gasteiger partial charge in [-0.15, -0.1) is 0 Å². The summed E-state index contributed by atoms with van der Waals surface area (Å²) in [5.74, 6) is 0.223. The summed E-state index contributed by atoms with van der Waals surface area (Å²) in [6.07, 6.45) is 0.319. The fourth-order valence-corrected chi connectivity index (χ4v) is 2.98. The third kappa shape index (κ3) is 5.61. The quantitative estimate of drug-likeness (QED) is 0.594. The Labute approximate surface area is 181 Å². The van der Waals surface area contributed by atoms with Crippen LogP contribution in [0.15, 0.2) is 72.8 Å². The standard InChI is InChI=1S/C24H23ClN2O3/c1-27(2)23(28)15-17-11-13-19(14-12-17)26-24(29)20-8-4-6-10-22(20)30-16-18-7-3-5-9-21(18)25/h3-14H,15-16H2,1-2H3,(H,26,29). The molecule has 154 valence electrons. The Balaban J connectivity index is 1.67. The summed E-state index contributed by atoms with van der Waals surface area (Å²) < 4.78 is 5.86. The number of hydrogen-bond acceptors (Lipinski definition) is 3. The first-order valence-corrected chi connectivity index (χ1v) is 9.87. The molecule has 0 spiro atoms. The number of nitrogens with zero attached hydrogens (tertiary/aromatic N) is 1. The fraction of sp³-hybridized carbons (Fsp3) is 0.167. The van der Waals surface area contributed by atoms with E-state index in [4.69, 9.17) is 16.3 Å². The van der Waals surface area contributed by atoms with Gasteiger partial charge in [0, 0.05) is 30.4 Å². The highest BCUT2D eigenvalue weighted by Crippen LogP contribution is 2.23. The lowest BCUT2D eigenvalue weighted by molar-refractivity contribution is -0.127. The van der Waals surface area contributed by atoms with Gasteiger partial charge in [0.25, 0.3) is 5.91 Å². The molecular weight excluding hydrogens is 400 g/mol. The topological polar surface area (TPSA) is 58.6 Å². The molecule has 0 aliphatic heterocycles. The van der Waals surface area contributed by atoms with Crippen molar-refractivity contribution >= 4 is 29.1 Å². The van der Waals surface area contributed by atoms with Crippen molar-refractivity contribution in [1.82, 2.24) is 4.90 Å². The monoisotopic (exact) mass is 422 g/mol. The van der Waals surface area contributed by atoms with Crippen LogP contribution in [0.1, 0.15) is 21.5 Å². The maximum atomic E-state index is 12.8. The van der Waals surface area contributed by atoms with Crippen molar-refractivity contribution in [1.29, 1.82) is 0 Å². The Morgan fingerprint density at radius 2 is 1.60 bits per heavy atom. The molecule has 1 N–H and O–H groups in total. The van der Waals surface area contributed by atoms with Gasteiger partial charge in [0.15, 0.2) is 0 Å². The van der Waals surface area contributed by atoms with Gasteiger partial charge >= 0.3 is 0 Å². The van der Waals surface area contributed by atoms with Gasteiger partial charge in [0.2, 0.25) is 5.91 Å². The molecule has 0 atom stereocenters. The second kappa shape index (κ2) is 9.94. The molecule has 6 heteroatoms. The lowest BCUT2D eigenvalue weighted by Gasteiger charge is -2.13. The van der Waals surface area contributed by atoms with Gasteiger partial charge in [0.05, 0.1) is 12.0 Å². The average molecular weight is 423 g/mol. The van der Waals surface area contributed by atoms with Crippen LogP contribution in [0.4, 0.5) is 5.69 Å². The van der Waals surface area contributed by atoms with Crippen LogP contribution in [0.2, 0.25) is 5.02 Å². The summed E-state index contributed by atoms with van der Waals surface area (Å²) >= 11 is 6.18.